The molecule has 2 aromatic carbocycles. The van der Waals surface area contributed by atoms with Crippen molar-refractivity contribution in [3.05, 3.63) is 60.2 Å². The van der Waals surface area contributed by atoms with Gasteiger partial charge in [0.15, 0.2) is 0 Å². The third-order valence-electron chi connectivity index (χ3n) is 5.40. The molecule has 1 fully saturated rings. The Morgan fingerprint density at radius 2 is 1.86 bits per heavy atom. The van der Waals surface area contributed by atoms with Crippen LogP contribution in [0.15, 0.2) is 48.5 Å². The van der Waals surface area contributed by atoms with E-state index in [0.29, 0.717) is 18.7 Å². The van der Waals surface area contributed by atoms with Crippen molar-refractivity contribution in [2.75, 3.05) is 11.9 Å². The molecule has 0 bridgehead atoms. The zero-order valence-electron chi connectivity index (χ0n) is 15.8. The number of benzene rings is 2. The van der Waals surface area contributed by atoms with Crippen LogP contribution >= 0.6 is 0 Å². The lowest BCUT2D eigenvalue weighted by Crippen LogP contribution is -2.45. The molecule has 1 aliphatic rings. The zero-order valence-corrected chi connectivity index (χ0v) is 15.8. The van der Waals surface area contributed by atoms with Gasteiger partial charge in [0.1, 0.15) is 11.6 Å². The molecule has 3 aromatic rings. The molecule has 6 heteroatoms. The van der Waals surface area contributed by atoms with Crippen molar-refractivity contribution in [3.63, 3.8) is 0 Å². The summed E-state index contributed by atoms with van der Waals surface area (Å²) in [6.07, 6.45) is 6.24. The van der Waals surface area contributed by atoms with Crippen LogP contribution in [0.2, 0.25) is 0 Å². The Kier molecular flexibility index (Phi) is 5.55. The summed E-state index contributed by atoms with van der Waals surface area (Å²) >= 11 is 0. The SMILES string of the molecule is O=C(Nc1ccc(F)cc1)N(CCc1nc2ccccc2[nH]1)C1CCCCC1. The molecular formula is C22H25FN4O. The standard InChI is InChI=1S/C22H25FN4O/c23-16-10-12-17(13-11-16)24-22(28)27(18-6-2-1-3-7-18)15-14-21-25-19-8-4-5-9-20(19)26-21/h4-5,8-13,18H,1-3,6-7,14-15H2,(H,24,28)(H,25,26). The zero-order chi connectivity index (χ0) is 19.3. The smallest absolute Gasteiger partial charge is 0.322 e. The Labute approximate surface area is 164 Å². The van der Waals surface area contributed by atoms with Crippen LogP contribution in [0.25, 0.3) is 11.0 Å². The first-order chi connectivity index (χ1) is 13.7. The predicted octanol–water partition coefficient (Wildman–Crippen LogP) is 5.11. The molecule has 2 amide bonds. The molecular weight excluding hydrogens is 355 g/mol. The molecule has 1 heterocycles. The fourth-order valence-corrected chi connectivity index (χ4v) is 3.92. The number of urea groups is 1. The third-order valence-corrected chi connectivity index (χ3v) is 5.40. The average Bonchev–Trinajstić information content (AvgIpc) is 3.13. The number of imidazole rings is 1. The summed E-state index contributed by atoms with van der Waals surface area (Å²) in [5, 5.41) is 2.92. The summed E-state index contributed by atoms with van der Waals surface area (Å²) in [7, 11) is 0. The van der Waals surface area contributed by atoms with Gasteiger partial charge in [-0.15, -0.1) is 0 Å². The second kappa shape index (κ2) is 8.42. The Bertz CT molecular complexity index is 898. The fraction of sp³-hybridized carbons (Fsp3) is 0.364. The van der Waals surface area contributed by atoms with Crippen molar-refractivity contribution in [2.24, 2.45) is 0 Å². The van der Waals surface area contributed by atoms with Crippen LogP contribution in [0.1, 0.15) is 37.9 Å². The summed E-state index contributed by atoms with van der Waals surface area (Å²) in [6, 6.07) is 13.9. The number of hydrogen-bond acceptors (Lipinski definition) is 2. The van der Waals surface area contributed by atoms with Gasteiger partial charge in [0.25, 0.3) is 0 Å². The second-order valence-electron chi connectivity index (χ2n) is 7.37. The van der Waals surface area contributed by atoms with E-state index in [1.54, 1.807) is 12.1 Å². The minimum atomic E-state index is -0.313. The Hall–Kier alpha value is -2.89. The lowest BCUT2D eigenvalue weighted by Gasteiger charge is -2.34. The number of aromatic amines is 1. The normalized spacial score (nSPS) is 14.9. The number of carbonyl (C=O) groups excluding carboxylic acids is 1. The maximum absolute atomic E-state index is 13.1. The van der Waals surface area contributed by atoms with Crippen molar-refractivity contribution in [1.82, 2.24) is 14.9 Å². The molecule has 146 valence electrons. The van der Waals surface area contributed by atoms with Gasteiger partial charge in [-0.3, -0.25) is 0 Å². The second-order valence-corrected chi connectivity index (χ2v) is 7.37. The quantitative estimate of drug-likeness (QED) is 0.646. The number of para-hydroxylation sites is 2. The van der Waals surface area contributed by atoms with Gasteiger partial charge in [-0.1, -0.05) is 31.4 Å². The Balaban J connectivity index is 1.47. The number of hydrogen-bond donors (Lipinski definition) is 2. The lowest BCUT2D eigenvalue weighted by molar-refractivity contribution is 0.168. The summed E-state index contributed by atoms with van der Waals surface area (Å²) in [5.74, 6) is 0.573. The monoisotopic (exact) mass is 380 g/mol. The van der Waals surface area contributed by atoms with E-state index >= 15 is 0 Å². The minimum absolute atomic E-state index is 0.130. The number of anilines is 1. The number of H-pyrrole nitrogens is 1. The first-order valence-electron chi connectivity index (χ1n) is 9.96. The predicted molar refractivity (Wildman–Crippen MR) is 109 cm³/mol. The topological polar surface area (TPSA) is 61.0 Å². The van der Waals surface area contributed by atoms with Gasteiger partial charge in [0.2, 0.25) is 0 Å². The van der Waals surface area contributed by atoms with E-state index in [1.165, 1.54) is 18.6 Å². The number of halogens is 1. The Morgan fingerprint density at radius 3 is 2.61 bits per heavy atom. The van der Waals surface area contributed by atoms with Crippen LogP contribution in [0.5, 0.6) is 0 Å². The Morgan fingerprint density at radius 1 is 1.11 bits per heavy atom. The highest BCUT2D eigenvalue weighted by Gasteiger charge is 2.25. The van der Waals surface area contributed by atoms with Crippen molar-refractivity contribution < 1.29 is 9.18 Å². The number of fused-ring (bicyclic) bond motifs is 1. The van der Waals surface area contributed by atoms with Gasteiger partial charge < -0.3 is 15.2 Å². The van der Waals surface area contributed by atoms with Crippen molar-refractivity contribution in [3.8, 4) is 0 Å². The number of nitrogens with one attached hydrogen (secondary N) is 2. The van der Waals surface area contributed by atoms with E-state index in [-0.39, 0.29) is 17.9 Å². The van der Waals surface area contributed by atoms with Crippen LogP contribution in [0.3, 0.4) is 0 Å². The summed E-state index contributed by atoms with van der Waals surface area (Å²) in [5.41, 5.74) is 2.56. The first kappa shape index (κ1) is 18.5. The van der Waals surface area contributed by atoms with Gasteiger partial charge in [0, 0.05) is 24.7 Å². The van der Waals surface area contributed by atoms with Crippen LogP contribution < -0.4 is 5.32 Å². The first-order valence-corrected chi connectivity index (χ1v) is 9.96. The molecule has 4 rings (SSSR count). The van der Waals surface area contributed by atoms with Crippen molar-refractivity contribution >= 4 is 22.8 Å². The maximum Gasteiger partial charge on any atom is 0.322 e. The van der Waals surface area contributed by atoms with Crippen LogP contribution in [-0.4, -0.2) is 33.5 Å². The molecule has 1 saturated carbocycles. The minimum Gasteiger partial charge on any atom is -0.342 e. The lowest BCUT2D eigenvalue weighted by atomic mass is 9.94. The molecule has 2 N–H and O–H groups in total. The van der Waals surface area contributed by atoms with E-state index in [0.717, 1.165) is 42.5 Å². The summed E-state index contributed by atoms with van der Waals surface area (Å²) in [4.78, 5) is 22.9. The highest BCUT2D eigenvalue weighted by molar-refractivity contribution is 5.89. The molecule has 0 spiro atoms. The maximum atomic E-state index is 13.1. The molecule has 0 unspecified atom stereocenters. The molecule has 1 aromatic heterocycles. The van der Waals surface area contributed by atoms with E-state index in [4.69, 9.17) is 0 Å². The number of nitrogens with zero attached hydrogens (tertiary/aromatic N) is 2. The molecule has 0 aliphatic heterocycles. The van der Waals surface area contributed by atoms with Crippen LogP contribution in [-0.2, 0) is 6.42 Å². The number of amides is 2. The number of aromatic nitrogens is 2. The van der Waals surface area contributed by atoms with Gasteiger partial charge in [-0.05, 0) is 49.2 Å². The molecule has 0 atom stereocenters. The highest BCUT2D eigenvalue weighted by Crippen LogP contribution is 2.24. The fourth-order valence-electron chi connectivity index (χ4n) is 3.92. The number of rotatable bonds is 5. The van der Waals surface area contributed by atoms with Gasteiger partial charge in [-0.2, -0.15) is 0 Å². The van der Waals surface area contributed by atoms with Gasteiger partial charge in [0.05, 0.1) is 11.0 Å². The summed E-state index contributed by atoms with van der Waals surface area (Å²) in [6.45, 7) is 0.595. The molecule has 0 saturated heterocycles. The largest absolute Gasteiger partial charge is 0.342 e. The molecule has 0 radical (unpaired) electrons. The molecule has 1 aliphatic carbocycles. The molecule has 28 heavy (non-hydrogen) atoms. The number of carbonyl (C=O) groups is 1. The van der Waals surface area contributed by atoms with Crippen LogP contribution in [0, 0.1) is 5.82 Å². The van der Waals surface area contributed by atoms with Crippen molar-refractivity contribution in [2.45, 2.75) is 44.6 Å². The van der Waals surface area contributed by atoms with E-state index in [9.17, 15) is 9.18 Å². The highest BCUT2D eigenvalue weighted by atomic mass is 19.1. The third kappa shape index (κ3) is 4.32. The molecule has 5 nitrogen and oxygen atoms in total. The van der Waals surface area contributed by atoms with Gasteiger partial charge in [-0.25, -0.2) is 14.2 Å². The van der Waals surface area contributed by atoms with E-state index < -0.39 is 0 Å². The van der Waals surface area contributed by atoms with Crippen molar-refractivity contribution in [1.29, 1.82) is 0 Å². The average molecular weight is 380 g/mol. The van der Waals surface area contributed by atoms with Crippen LogP contribution in [0.4, 0.5) is 14.9 Å². The van der Waals surface area contributed by atoms with E-state index in [1.807, 2.05) is 29.2 Å². The van der Waals surface area contributed by atoms with E-state index in [2.05, 4.69) is 15.3 Å². The van der Waals surface area contributed by atoms with Gasteiger partial charge >= 0.3 is 6.03 Å². The summed E-state index contributed by atoms with van der Waals surface area (Å²) < 4.78 is 13.1.